The van der Waals surface area contributed by atoms with Crippen LogP contribution in [0.4, 0.5) is 0 Å². The number of benzene rings is 1. The van der Waals surface area contributed by atoms with Gasteiger partial charge in [0.25, 0.3) is 0 Å². The molecule has 0 spiro atoms. The molecule has 1 aliphatic carbocycles. The third kappa shape index (κ3) is 2.65. The van der Waals surface area contributed by atoms with E-state index in [1.807, 2.05) is 18.2 Å². The molecule has 1 aromatic carbocycles. The minimum absolute atomic E-state index is 0.381. The van der Waals surface area contributed by atoms with E-state index in [1.165, 1.54) is 12.8 Å². The molecular formula is C17H20ClN3. The minimum Gasteiger partial charge on any atom is -0.325 e. The number of hydrogen-bond donors (Lipinski definition) is 0. The lowest BCUT2D eigenvalue weighted by Crippen LogP contribution is -2.12. The maximum atomic E-state index is 9.15. The average Bonchev–Trinajstić information content (AvgIpc) is 2.97. The van der Waals surface area contributed by atoms with E-state index >= 15 is 0 Å². The van der Waals surface area contributed by atoms with Gasteiger partial charge in [-0.05, 0) is 42.9 Å². The molecule has 0 aliphatic heterocycles. The van der Waals surface area contributed by atoms with Gasteiger partial charge in [-0.15, -0.1) is 11.6 Å². The molecule has 1 fully saturated rings. The highest BCUT2D eigenvalue weighted by Gasteiger charge is 2.33. The van der Waals surface area contributed by atoms with Crippen LogP contribution in [-0.4, -0.2) is 15.4 Å². The van der Waals surface area contributed by atoms with Crippen molar-refractivity contribution < 1.29 is 0 Å². The summed E-state index contributed by atoms with van der Waals surface area (Å²) in [5.74, 6) is 1.63. The van der Waals surface area contributed by atoms with Crippen LogP contribution in [0.3, 0.4) is 0 Å². The number of aryl methyl sites for hydroxylation is 1. The van der Waals surface area contributed by atoms with E-state index in [2.05, 4.69) is 24.5 Å². The van der Waals surface area contributed by atoms with Gasteiger partial charge in [0.2, 0.25) is 0 Å². The fourth-order valence-electron chi connectivity index (χ4n) is 3.50. The lowest BCUT2D eigenvalue weighted by Gasteiger charge is -2.20. The topological polar surface area (TPSA) is 41.6 Å². The van der Waals surface area contributed by atoms with Crippen molar-refractivity contribution in [3.05, 3.63) is 29.6 Å². The highest BCUT2D eigenvalue weighted by atomic mass is 35.5. The Kier molecular flexibility index (Phi) is 3.67. The first-order valence-corrected chi connectivity index (χ1v) is 8.04. The third-order valence-electron chi connectivity index (χ3n) is 4.52. The maximum Gasteiger partial charge on any atom is 0.111 e. The van der Waals surface area contributed by atoms with Gasteiger partial charge >= 0.3 is 0 Å². The van der Waals surface area contributed by atoms with Crippen molar-refractivity contribution in [1.29, 1.82) is 5.26 Å². The highest BCUT2D eigenvalue weighted by Crippen LogP contribution is 2.45. The van der Waals surface area contributed by atoms with Crippen LogP contribution in [0.2, 0.25) is 0 Å². The smallest absolute Gasteiger partial charge is 0.111 e. The van der Waals surface area contributed by atoms with Crippen LogP contribution in [0, 0.1) is 16.7 Å². The Morgan fingerprint density at radius 3 is 2.90 bits per heavy atom. The zero-order valence-corrected chi connectivity index (χ0v) is 13.3. The number of fused-ring (bicyclic) bond motifs is 1. The van der Waals surface area contributed by atoms with Gasteiger partial charge in [0.05, 0.1) is 22.7 Å². The van der Waals surface area contributed by atoms with Gasteiger partial charge in [-0.3, -0.25) is 0 Å². The van der Waals surface area contributed by atoms with Crippen molar-refractivity contribution in [3.63, 3.8) is 0 Å². The Balaban J connectivity index is 2.13. The van der Waals surface area contributed by atoms with Gasteiger partial charge in [0, 0.05) is 18.3 Å². The van der Waals surface area contributed by atoms with E-state index < -0.39 is 0 Å². The third-order valence-corrected chi connectivity index (χ3v) is 4.71. The first-order valence-electron chi connectivity index (χ1n) is 7.51. The molecule has 0 amide bonds. The molecule has 21 heavy (non-hydrogen) atoms. The van der Waals surface area contributed by atoms with E-state index in [4.69, 9.17) is 21.8 Å². The molecule has 1 heterocycles. The first kappa shape index (κ1) is 14.4. The number of rotatable bonds is 3. The Bertz CT molecular complexity index is 709. The monoisotopic (exact) mass is 301 g/mol. The summed E-state index contributed by atoms with van der Waals surface area (Å²) in [6.07, 6.45) is 4.33. The van der Waals surface area contributed by atoms with Gasteiger partial charge in [-0.1, -0.05) is 13.8 Å². The molecule has 0 bridgehead atoms. The first-order chi connectivity index (χ1) is 10.0. The number of nitriles is 1. The molecule has 1 unspecified atom stereocenters. The molecule has 0 N–H and O–H groups in total. The van der Waals surface area contributed by atoms with E-state index in [0.29, 0.717) is 22.9 Å². The standard InChI is InChI=1S/C17H20ClN3/c1-17(2)7-5-13(10-17)21-15-9-12(11-19)3-4-14(15)20-16(21)6-8-18/h3-4,9,13H,5-8,10H2,1-2H3. The highest BCUT2D eigenvalue weighted by molar-refractivity contribution is 6.17. The molecule has 1 atom stereocenters. The molecule has 0 radical (unpaired) electrons. The Morgan fingerprint density at radius 1 is 1.48 bits per heavy atom. The SMILES string of the molecule is CC1(C)CCC(n2c(CCCl)nc3ccc(C#N)cc32)C1. The summed E-state index contributed by atoms with van der Waals surface area (Å²) in [6.45, 7) is 4.65. The van der Waals surface area contributed by atoms with Crippen LogP contribution in [0.25, 0.3) is 11.0 Å². The molecule has 0 saturated heterocycles. The number of halogens is 1. The molecule has 4 heteroatoms. The van der Waals surface area contributed by atoms with Gasteiger partial charge in [0.1, 0.15) is 5.82 Å². The molecule has 110 valence electrons. The van der Waals surface area contributed by atoms with Crippen molar-refractivity contribution in [3.8, 4) is 6.07 Å². The van der Waals surface area contributed by atoms with Crippen LogP contribution in [-0.2, 0) is 6.42 Å². The number of hydrogen-bond acceptors (Lipinski definition) is 2. The summed E-state index contributed by atoms with van der Waals surface area (Å²) in [4.78, 5) is 4.74. The van der Waals surface area contributed by atoms with Gasteiger partial charge in [-0.2, -0.15) is 5.26 Å². The Labute approximate surface area is 130 Å². The number of imidazole rings is 1. The number of alkyl halides is 1. The van der Waals surface area contributed by atoms with Crippen LogP contribution in [0.1, 0.15) is 50.5 Å². The van der Waals surface area contributed by atoms with Gasteiger partial charge in [0.15, 0.2) is 0 Å². The normalized spacial score (nSPS) is 20.8. The quantitative estimate of drug-likeness (QED) is 0.786. The second kappa shape index (κ2) is 5.35. The predicted molar refractivity (Wildman–Crippen MR) is 85.5 cm³/mol. The summed E-state index contributed by atoms with van der Waals surface area (Å²) >= 11 is 5.95. The maximum absolute atomic E-state index is 9.15. The fourth-order valence-corrected chi connectivity index (χ4v) is 3.67. The van der Waals surface area contributed by atoms with Crippen molar-refractivity contribution in [2.75, 3.05) is 5.88 Å². The predicted octanol–water partition coefficient (Wildman–Crippen LogP) is 4.44. The van der Waals surface area contributed by atoms with Crippen molar-refractivity contribution >= 4 is 22.6 Å². The molecule has 1 aromatic heterocycles. The second-order valence-electron chi connectivity index (χ2n) is 6.71. The molecule has 3 rings (SSSR count). The Morgan fingerprint density at radius 2 is 2.29 bits per heavy atom. The van der Waals surface area contributed by atoms with Gasteiger partial charge in [-0.25, -0.2) is 4.98 Å². The van der Waals surface area contributed by atoms with Crippen LogP contribution < -0.4 is 0 Å². The summed E-state index contributed by atoms with van der Waals surface area (Å²) in [5.41, 5.74) is 3.13. The average molecular weight is 302 g/mol. The van der Waals surface area contributed by atoms with Crippen molar-refractivity contribution in [2.24, 2.45) is 5.41 Å². The molecule has 3 nitrogen and oxygen atoms in total. The zero-order valence-electron chi connectivity index (χ0n) is 12.6. The van der Waals surface area contributed by atoms with E-state index in [-0.39, 0.29) is 0 Å². The van der Waals surface area contributed by atoms with E-state index in [1.54, 1.807) is 0 Å². The van der Waals surface area contributed by atoms with Crippen molar-refractivity contribution in [1.82, 2.24) is 9.55 Å². The number of aromatic nitrogens is 2. The Hall–Kier alpha value is -1.53. The fraction of sp³-hybridized carbons (Fsp3) is 0.529. The largest absolute Gasteiger partial charge is 0.325 e. The van der Waals surface area contributed by atoms with Crippen LogP contribution in [0.5, 0.6) is 0 Å². The molecule has 1 saturated carbocycles. The molecule has 1 aliphatic rings. The lowest BCUT2D eigenvalue weighted by molar-refractivity contribution is 0.358. The summed E-state index contributed by atoms with van der Waals surface area (Å²) < 4.78 is 2.34. The second-order valence-corrected chi connectivity index (χ2v) is 7.09. The number of nitrogens with zero attached hydrogens (tertiary/aromatic N) is 3. The summed E-state index contributed by atoms with van der Waals surface area (Å²) in [6, 6.07) is 8.44. The summed E-state index contributed by atoms with van der Waals surface area (Å²) in [7, 11) is 0. The van der Waals surface area contributed by atoms with Gasteiger partial charge < -0.3 is 4.57 Å². The molecular weight excluding hydrogens is 282 g/mol. The van der Waals surface area contributed by atoms with Crippen LogP contribution in [0.15, 0.2) is 18.2 Å². The van der Waals surface area contributed by atoms with Crippen LogP contribution >= 0.6 is 11.6 Å². The molecule has 2 aromatic rings. The van der Waals surface area contributed by atoms with E-state index in [0.717, 1.165) is 29.7 Å². The minimum atomic E-state index is 0.381. The van der Waals surface area contributed by atoms with E-state index in [9.17, 15) is 0 Å². The lowest BCUT2D eigenvalue weighted by atomic mass is 9.92. The zero-order chi connectivity index (χ0) is 15.0. The summed E-state index contributed by atoms with van der Waals surface area (Å²) in [5, 5.41) is 9.15. The van der Waals surface area contributed by atoms with Crippen molar-refractivity contribution in [2.45, 2.75) is 45.6 Å².